The Morgan fingerprint density at radius 3 is 2.65 bits per heavy atom. The van der Waals surface area contributed by atoms with Crippen LogP contribution in [0.5, 0.6) is 0 Å². The fourth-order valence-corrected chi connectivity index (χ4v) is 3.99. The summed E-state index contributed by atoms with van der Waals surface area (Å²) in [6, 6.07) is 22.5. The van der Waals surface area contributed by atoms with Crippen LogP contribution >= 0.6 is 11.6 Å². The van der Waals surface area contributed by atoms with E-state index in [0.717, 1.165) is 44.8 Å². The van der Waals surface area contributed by atoms with Crippen LogP contribution in [0.1, 0.15) is 30.9 Å². The number of benzene rings is 2. The summed E-state index contributed by atoms with van der Waals surface area (Å²) in [5.74, 6) is 1.12. The summed E-state index contributed by atoms with van der Waals surface area (Å²) in [6.45, 7) is 4.86. The smallest absolute Gasteiger partial charge is 0.162 e. The molecule has 5 rings (SSSR count). The predicted octanol–water partition coefficient (Wildman–Crippen LogP) is 6.33. The number of hydrogen-bond acceptors (Lipinski definition) is 4. The second-order valence-corrected chi connectivity index (χ2v) is 8.24. The highest BCUT2D eigenvalue weighted by atomic mass is 35.5. The molecule has 3 aromatic heterocycles. The van der Waals surface area contributed by atoms with E-state index in [1.165, 1.54) is 0 Å². The third-order valence-corrected chi connectivity index (χ3v) is 5.64. The minimum absolute atomic E-state index is 0.316. The molecular weight excluding hydrogens is 406 g/mol. The first kappa shape index (κ1) is 19.5. The normalized spacial score (nSPS) is 11.5. The highest BCUT2D eigenvalue weighted by molar-refractivity contribution is 6.29. The van der Waals surface area contributed by atoms with Gasteiger partial charge >= 0.3 is 0 Å². The lowest BCUT2D eigenvalue weighted by Gasteiger charge is -2.13. The van der Waals surface area contributed by atoms with Crippen LogP contribution in [-0.2, 0) is 6.54 Å². The van der Waals surface area contributed by atoms with E-state index in [9.17, 15) is 0 Å². The van der Waals surface area contributed by atoms with Crippen LogP contribution in [0.2, 0.25) is 5.15 Å². The summed E-state index contributed by atoms with van der Waals surface area (Å²) < 4.78 is 1.82. The Morgan fingerprint density at radius 2 is 1.77 bits per heavy atom. The maximum Gasteiger partial charge on any atom is 0.162 e. The van der Waals surface area contributed by atoms with E-state index in [-0.39, 0.29) is 0 Å². The van der Waals surface area contributed by atoms with Crippen molar-refractivity contribution in [2.45, 2.75) is 26.3 Å². The van der Waals surface area contributed by atoms with Gasteiger partial charge in [0.25, 0.3) is 0 Å². The number of rotatable bonds is 5. The van der Waals surface area contributed by atoms with Gasteiger partial charge in [0, 0.05) is 29.1 Å². The van der Waals surface area contributed by atoms with Gasteiger partial charge in [0.05, 0.1) is 17.4 Å². The van der Waals surface area contributed by atoms with Crippen molar-refractivity contribution in [3.05, 3.63) is 89.2 Å². The maximum atomic E-state index is 6.32. The molecule has 3 heterocycles. The molecule has 0 fully saturated rings. The minimum atomic E-state index is 0.316. The standard InChI is InChI=1S/C25H22ClN5/c1-16(2)20-15-28-31-24(13-23(26)30-25(20)31)27-14-18-8-3-5-9-19(18)22-12-11-17-7-4-6-10-21(17)29-22/h3-13,15-16,27H,14H2,1-2H3. The number of nitrogens with one attached hydrogen (secondary N) is 1. The first-order valence-electron chi connectivity index (χ1n) is 10.3. The molecule has 154 valence electrons. The predicted molar refractivity (Wildman–Crippen MR) is 127 cm³/mol. The summed E-state index contributed by atoms with van der Waals surface area (Å²) >= 11 is 6.32. The molecule has 0 amide bonds. The van der Waals surface area contributed by atoms with Crippen molar-refractivity contribution in [3.63, 3.8) is 0 Å². The van der Waals surface area contributed by atoms with Crippen LogP contribution in [0.4, 0.5) is 5.82 Å². The number of para-hydroxylation sites is 1. The van der Waals surface area contributed by atoms with E-state index in [1.54, 1.807) is 0 Å². The zero-order valence-corrected chi connectivity index (χ0v) is 18.1. The lowest BCUT2D eigenvalue weighted by atomic mass is 10.0. The lowest BCUT2D eigenvalue weighted by molar-refractivity contribution is 0.871. The Balaban J connectivity index is 1.49. The van der Waals surface area contributed by atoms with E-state index >= 15 is 0 Å². The van der Waals surface area contributed by atoms with Gasteiger partial charge in [-0.15, -0.1) is 0 Å². The summed E-state index contributed by atoms with van der Waals surface area (Å²) in [7, 11) is 0. The van der Waals surface area contributed by atoms with Crippen molar-refractivity contribution in [2.24, 2.45) is 0 Å². The largest absolute Gasteiger partial charge is 0.366 e. The average Bonchev–Trinajstić information content (AvgIpc) is 3.21. The Kier molecular flexibility index (Phi) is 5.04. The molecule has 5 aromatic rings. The number of pyridine rings is 1. The Hall–Kier alpha value is -3.44. The number of hydrogen-bond donors (Lipinski definition) is 1. The zero-order valence-electron chi connectivity index (χ0n) is 17.4. The molecule has 0 saturated carbocycles. The molecule has 1 N–H and O–H groups in total. The van der Waals surface area contributed by atoms with Crippen molar-refractivity contribution in [3.8, 4) is 11.3 Å². The van der Waals surface area contributed by atoms with Crippen LogP contribution in [0.15, 0.2) is 72.9 Å². The second-order valence-electron chi connectivity index (χ2n) is 7.85. The fraction of sp³-hybridized carbons (Fsp3) is 0.160. The third kappa shape index (κ3) is 3.73. The molecule has 2 aromatic carbocycles. The monoisotopic (exact) mass is 427 g/mol. The lowest BCUT2D eigenvalue weighted by Crippen LogP contribution is -2.07. The van der Waals surface area contributed by atoms with Crippen molar-refractivity contribution in [2.75, 3.05) is 5.32 Å². The second kappa shape index (κ2) is 8.00. The van der Waals surface area contributed by atoms with Crippen molar-refractivity contribution in [1.82, 2.24) is 19.6 Å². The van der Waals surface area contributed by atoms with Crippen LogP contribution in [0.3, 0.4) is 0 Å². The topological polar surface area (TPSA) is 55.1 Å². The van der Waals surface area contributed by atoms with E-state index in [4.69, 9.17) is 16.6 Å². The average molecular weight is 428 g/mol. The Labute approximate surface area is 185 Å². The molecule has 0 saturated heterocycles. The van der Waals surface area contributed by atoms with Crippen LogP contribution < -0.4 is 5.32 Å². The van der Waals surface area contributed by atoms with Gasteiger partial charge < -0.3 is 5.32 Å². The van der Waals surface area contributed by atoms with Gasteiger partial charge in [-0.2, -0.15) is 9.61 Å². The van der Waals surface area contributed by atoms with Crippen molar-refractivity contribution in [1.29, 1.82) is 0 Å². The third-order valence-electron chi connectivity index (χ3n) is 5.44. The molecular formula is C25H22ClN5. The van der Waals surface area contributed by atoms with Gasteiger partial charge in [0.1, 0.15) is 11.0 Å². The van der Waals surface area contributed by atoms with Gasteiger partial charge in [-0.05, 0) is 23.6 Å². The summed E-state index contributed by atoms with van der Waals surface area (Å²) in [5.41, 5.74) is 6.04. The summed E-state index contributed by atoms with van der Waals surface area (Å²) in [4.78, 5) is 9.35. The fourth-order valence-electron chi connectivity index (χ4n) is 3.81. The van der Waals surface area contributed by atoms with Gasteiger partial charge in [0.2, 0.25) is 0 Å². The highest BCUT2D eigenvalue weighted by Crippen LogP contribution is 2.27. The molecule has 0 atom stereocenters. The van der Waals surface area contributed by atoms with Crippen molar-refractivity contribution < 1.29 is 0 Å². The molecule has 5 nitrogen and oxygen atoms in total. The van der Waals surface area contributed by atoms with Crippen LogP contribution in [0, 0.1) is 0 Å². The van der Waals surface area contributed by atoms with Crippen LogP contribution in [0.25, 0.3) is 27.8 Å². The molecule has 0 spiro atoms. The highest BCUT2D eigenvalue weighted by Gasteiger charge is 2.14. The molecule has 0 aliphatic rings. The molecule has 6 heteroatoms. The number of halogens is 1. The minimum Gasteiger partial charge on any atom is -0.366 e. The van der Waals surface area contributed by atoms with Crippen LogP contribution in [-0.4, -0.2) is 19.6 Å². The van der Waals surface area contributed by atoms with Gasteiger partial charge in [0.15, 0.2) is 5.65 Å². The number of nitrogens with zero attached hydrogens (tertiary/aromatic N) is 4. The van der Waals surface area contributed by atoms with Crippen molar-refractivity contribution >= 4 is 34.0 Å². The maximum absolute atomic E-state index is 6.32. The number of anilines is 1. The van der Waals surface area contributed by atoms with E-state index in [1.807, 2.05) is 47.1 Å². The molecule has 0 aliphatic carbocycles. The first-order chi connectivity index (χ1) is 15.1. The van der Waals surface area contributed by atoms with Gasteiger partial charge in [-0.25, -0.2) is 9.97 Å². The SMILES string of the molecule is CC(C)c1cnn2c(NCc3ccccc3-c3ccc4ccccc4n3)cc(Cl)nc12. The molecule has 0 unspecified atom stereocenters. The van der Waals surface area contributed by atoms with Gasteiger partial charge in [-0.3, -0.25) is 0 Å². The summed E-state index contributed by atoms with van der Waals surface area (Å²) in [6.07, 6.45) is 1.86. The molecule has 0 bridgehead atoms. The zero-order chi connectivity index (χ0) is 21.4. The first-order valence-corrected chi connectivity index (χ1v) is 10.7. The molecule has 31 heavy (non-hydrogen) atoms. The number of aromatic nitrogens is 4. The molecule has 0 radical (unpaired) electrons. The van der Waals surface area contributed by atoms with Gasteiger partial charge in [-0.1, -0.05) is 74.0 Å². The van der Waals surface area contributed by atoms with E-state index in [0.29, 0.717) is 17.6 Å². The summed E-state index contributed by atoms with van der Waals surface area (Å²) in [5, 5.41) is 9.60. The quantitative estimate of drug-likeness (QED) is 0.333. The van der Waals surface area contributed by atoms with E-state index in [2.05, 4.69) is 59.6 Å². The Bertz CT molecular complexity index is 1390. The van der Waals surface area contributed by atoms with E-state index < -0.39 is 0 Å². The Morgan fingerprint density at radius 1 is 0.968 bits per heavy atom. The number of fused-ring (bicyclic) bond motifs is 2. The molecule has 0 aliphatic heterocycles.